The van der Waals surface area contributed by atoms with Crippen LogP contribution in [0.1, 0.15) is 50.7 Å². The van der Waals surface area contributed by atoms with Crippen molar-refractivity contribution >= 4 is 10.7 Å². The van der Waals surface area contributed by atoms with Gasteiger partial charge in [-0.1, -0.05) is 45.9 Å². The van der Waals surface area contributed by atoms with Crippen LogP contribution in [-0.4, -0.2) is 8.42 Å². The van der Waals surface area contributed by atoms with Gasteiger partial charge in [0.15, 0.2) is 10.7 Å². The standard InChI is InChI=1S/C12H18O2S/c1-8(2)10-6-5-7-11(9(3)4)12(10)15(13)14/h5-9,15H,1-4H3. The Balaban J connectivity index is 3.49. The Kier molecular flexibility index (Phi) is 3.91. The molecular formula is C12H18O2S. The van der Waals surface area contributed by atoms with Gasteiger partial charge < -0.3 is 0 Å². The Morgan fingerprint density at radius 3 is 1.60 bits per heavy atom. The fourth-order valence-corrected chi connectivity index (χ4v) is 2.81. The van der Waals surface area contributed by atoms with E-state index in [0.29, 0.717) is 4.90 Å². The zero-order valence-corrected chi connectivity index (χ0v) is 10.5. The summed E-state index contributed by atoms with van der Waals surface area (Å²) in [4.78, 5) is 0.525. The van der Waals surface area contributed by atoms with Gasteiger partial charge in [0.05, 0.1) is 4.90 Å². The molecular weight excluding hydrogens is 208 g/mol. The van der Waals surface area contributed by atoms with Gasteiger partial charge in [-0.3, -0.25) is 0 Å². The zero-order chi connectivity index (χ0) is 11.6. The van der Waals surface area contributed by atoms with Crippen molar-refractivity contribution in [2.24, 2.45) is 0 Å². The van der Waals surface area contributed by atoms with Gasteiger partial charge in [-0.05, 0) is 23.0 Å². The number of hydrogen-bond acceptors (Lipinski definition) is 2. The molecule has 1 aromatic carbocycles. The highest BCUT2D eigenvalue weighted by Gasteiger charge is 2.14. The van der Waals surface area contributed by atoms with E-state index in [1.165, 1.54) is 0 Å². The first-order valence-electron chi connectivity index (χ1n) is 5.22. The Labute approximate surface area is 93.3 Å². The quantitative estimate of drug-likeness (QED) is 0.804. The molecule has 0 saturated heterocycles. The van der Waals surface area contributed by atoms with E-state index < -0.39 is 10.7 Å². The van der Waals surface area contributed by atoms with Gasteiger partial charge in [-0.15, -0.1) is 0 Å². The van der Waals surface area contributed by atoms with E-state index in [1.807, 2.05) is 45.9 Å². The van der Waals surface area contributed by atoms with E-state index in [4.69, 9.17) is 0 Å². The average molecular weight is 226 g/mol. The smallest absolute Gasteiger partial charge is 0.168 e. The first-order valence-corrected chi connectivity index (χ1v) is 6.40. The lowest BCUT2D eigenvalue weighted by Crippen LogP contribution is -2.01. The van der Waals surface area contributed by atoms with Crippen LogP contribution in [0, 0.1) is 0 Å². The molecule has 0 fully saturated rings. The summed E-state index contributed by atoms with van der Waals surface area (Å²) in [6.45, 7) is 8.06. The highest BCUT2D eigenvalue weighted by Crippen LogP contribution is 2.28. The van der Waals surface area contributed by atoms with Crippen LogP contribution in [0.25, 0.3) is 0 Å². The van der Waals surface area contributed by atoms with Gasteiger partial charge in [0.25, 0.3) is 0 Å². The Bertz CT molecular complexity index is 383. The monoisotopic (exact) mass is 226 g/mol. The molecule has 0 unspecified atom stereocenters. The van der Waals surface area contributed by atoms with Crippen LogP contribution in [0.2, 0.25) is 0 Å². The predicted molar refractivity (Wildman–Crippen MR) is 63.2 cm³/mol. The maximum Gasteiger partial charge on any atom is 0.168 e. The molecule has 0 heterocycles. The highest BCUT2D eigenvalue weighted by atomic mass is 32.2. The summed E-state index contributed by atoms with van der Waals surface area (Å²) in [5, 5.41) is 0. The van der Waals surface area contributed by atoms with E-state index in [1.54, 1.807) is 0 Å². The minimum absolute atomic E-state index is 0.242. The zero-order valence-electron chi connectivity index (χ0n) is 9.65. The Morgan fingerprint density at radius 2 is 1.33 bits per heavy atom. The second kappa shape index (κ2) is 4.79. The van der Waals surface area contributed by atoms with E-state index in [9.17, 15) is 8.42 Å². The van der Waals surface area contributed by atoms with Crippen molar-refractivity contribution in [1.82, 2.24) is 0 Å². The summed E-state index contributed by atoms with van der Waals surface area (Å²) in [6.07, 6.45) is 0. The topological polar surface area (TPSA) is 34.1 Å². The Hall–Kier alpha value is -0.830. The molecule has 0 saturated carbocycles. The molecule has 0 N–H and O–H groups in total. The second-order valence-corrected chi connectivity index (χ2v) is 5.31. The van der Waals surface area contributed by atoms with E-state index in [-0.39, 0.29) is 11.8 Å². The van der Waals surface area contributed by atoms with Gasteiger partial charge in [0.2, 0.25) is 0 Å². The molecule has 0 bridgehead atoms. The second-order valence-electron chi connectivity index (χ2n) is 4.35. The normalized spacial score (nSPS) is 11.7. The van der Waals surface area contributed by atoms with Gasteiger partial charge in [-0.2, -0.15) is 0 Å². The van der Waals surface area contributed by atoms with Crippen molar-refractivity contribution in [2.45, 2.75) is 44.4 Å². The van der Waals surface area contributed by atoms with Gasteiger partial charge in [0, 0.05) is 0 Å². The first kappa shape index (κ1) is 12.2. The summed E-state index contributed by atoms with van der Waals surface area (Å²) in [6, 6.07) is 5.74. The fourth-order valence-electron chi connectivity index (χ4n) is 1.72. The van der Waals surface area contributed by atoms with Crippen molar-refractivity contribution in [3.05, 3.63) is 29.3 Å². The Morgan fingerprint density at radius 1 is 0.933 bits per heavy atom. The molecule has 0 radical (unpaired) electrons. The van der Waals surface area contributed by atoms with Gasteiger partial charge >= 0.3 is 0 Å². The maximum atomic E-state index is 11.3. The molecule has 1 rings (SSSR count). The van der Waals surface area contributed by atoms with E-state index in [2.05, 4.69) is 0 Å². The number of thiol groups is 1. The molecule has 2 nitrogen and oxygen atoms in total. The fraction of sp³-hybridized carbons (Fsp3) is 0.500. The lowest BCUT2D eigenvalue weighted by Gasteiger charge is -2.14. The van der Waals surface area contributed by atoms with Crippen LogP contribution in [0.4, 0.5) is 0 Å². The minimum Gasteiger partial charge on any atom is -0.227 e. The van der Waals surface area contributed by atoms with Crippen LogP contribution in [0.5, 0.6) is 0 Å². The number of hydrogen-bond donors (Lipinski definition) is 1. The van der Waals surface area contributed by atoms with Crippen molar-refractivity contribution in [3.8, 4) is 0 Å². The summed E-state index contributed by atoms with van der Waals surface area (Å²) in [5.74, 6) is 0.484. The van der Waals surface area contributed by atoms with Gasteiger partial charge in [0.1, 0.15) is 0 Å². The molecule has 0 aliphatic carbocycles. The molecule has 0 aromatic heterocycles. The number of benzene rings is 1. The molecule has 0 atom stereocenters. The molecule has 1 aromatic rings. The van der Waals surface area contributed by atoms with Crippen molar-refractivity contribution in [2.75, 3.05) is 0 Å². The molecule has 0 amide bonds. The molecule has 0 aliphatic rings. The van der Waals surface area contributed by atoms with E-state index >= 15 is 0 Å². The van der Waals surface area contributed by atoms with Crippen LogP contribution in [0.15, 0.2) is 23.1 Å². The summed E-state index contributed by atoms with van der Waals surface area (Å²) in [7, 11) is -2.50. The van der Waals surface area contributed by atoms with Crippen LogP contribution >= 0.6 is 0 Å². The largest absolute Gasteiger partial charge is 0.227 e. The summed E-state index contributed by atoms with van der Waals surface area (Å²) < 4.78 is 22.6. The predicted octanol–water partition coefficient (Wildman–Crippen LogP) is 2.90. The van der Waals surface area contributed by atoms with Crippen molar-refractivity contribution in [1.29, 1.82) is 0 Å². The van der Waals surface area contributed by atoms with Crippen LogP contribution < -0.4 is 0 Å². The minimum atomic E-state index is -2.50. The van der Waals surface area contributed by atoms with Crippen LogP contribution in [0.3, 0.4) is 0 Å². The lowest BCUT2D eigenvalue weighted by molar-refractivity contribution is 0.609. The third-order valence-electron chi connectivity index (χ3n) is 2.53. The van der Waals surface area contributed by atoms with Gasteiger partial charge in [-0.25, -0.2) is 8.42 Å². The highest BCUT2D eigenvalue weighted by molar-refractivity contribution is 7.72. The van der Waals surface area contributed by atoms with E-state index in [0.717, 1.165) is 11.1 Å². The summed E-state index contributed by atoms with van der Waals surface area (Å²) >= 11 is 0. The SMILES string of the molecule is CC(C)c1cccc(C(C)C)c1[SH](=O)=O. The summed E-state index contributed by atoms with van der Waals surface area (Å²) in [5.41, 5.74) is 1.86. The first-order chi connectivity index (χ1) is 6.95. The van der Waals surface area contributed by atoms with Crippen molar-refractivity contribution < 1.29 is 8.42 Å². The van der Waals surface area contributed by atoms with Crippen molar-refractivity contribution in [3.63, 3.8) is 0 Å². The van der Waals surface area contributed by atoms with Crippen LogP contribution in [-0.2, 0) is 10.7 Å². The molecule has 0 spiro atoms. The average Bonchev–Trinajstić information content (AvgIpc) is 2.16. The third-order valence-corrected chi connectivity index (χ3v) is 3.41. The number of rotatable bonds is 3. The lowest BCUT2D eigenvalue weighted by atomic mass is 9.95. The maximum absolute atomic E-state index is 11.3. The molecule has 0 aliphatic heterocycles. The molecule has 15 heavy (non-hydrogen) atoms. The molecule has 84 valence electrons. The molecule has 3 heteroatoms. The third kappa shape index (κ3) is 2.59.